The SMILES string of the molecule is CS(=O)(=O)c1nc(C(=O)NCCC(=O)ON2C(=O)CCC2=O)ccc1C#N. The number of nitrogens with one attached hydrogen (secondary N) is 1. The number of hydroxylamine groups is 2. The van der Waals surface area contributed by atoms with Gasteiger partial charge in [0.25, 0.3) is 17.7 Å². The number of carbonyl (C=O) groups excluding carboxylic acids is 4. The zero-order chi connectivity index (χ0) is 20.2. The van der Waals surface area contributed by atoms with Crippen molar-refractivity contribution in [3.63, 3.8) is 0 Å². The maximum atomic E-state index is 12.0. The van der Waals surface area contributed by atoms with Crippen LogP contribution >= 0.6 is 0 Å². The summed E-state index contributed by atoms with van der Waals surface area (Å²) in [6, 6.07) is 3.99. The van der Waals surface area contributed by atoms with E-state index in [1.165, 1.54) is 6.07 Å². The third-order valence-electron chi connectivity index (χ3n) is 3.38. The fourth-order valence-corrected chi connectivity index (χ4v) is 2.89. The lowest BCUT2D eigenvalue weighted by atomic mass is 10.2. The lowest BCUT2D eigenvalue weighted by molar-refractivity contribution is -0.197. The molecule has 1 aliphatic rings. The Hall–Kier alpha value is -3.33. The van der Waals surface area contributed by atoms with Crippen LogP contribution in [0, 0.1) is 11.3 Å². The molecule has 0 saturated carbocycles. The molecule has 2 rings (SSSR count). The minimum absolute atomic E-state index is 0.0319. The molecule has 1 fully saturated rings. The summed E-state index contributed by atoms with van der Waals surface area (Å²) in [6.07, 6.45) is 0.457. The van der Waals surface area contributed by atoms with Crippen LogP contribution in [-0.2, 0) is 29.1 Å². The third kappa shape index (κ3) is 4.85. The molecular formula is C15H14N4O7S. The van der Waals surface area contributed by atoms with Gasteiger partial charge >= 0.3 is 5.97 Å². The lowest BCUT2D eigenvalue weighted by Gasteiger charge is -2.12. The number of hydrogen-bond donors (Lipinski definition) is 1. The third-order valence-corrected chi connectivity index (χ3v) is 4.39. The van der Waals surface area contributed by atoms with Crippen LogP contribution in [0.3, 0.4) is 0 Å². The predicted octanol–water partition coefficient (Wildman–Crippen LogP) is -0.916. The number of aromatic nitrogens is 1. The van der Waals surface area contributed by atoms with Gasteiger partial charge in [-0.2, -0.15) is 5.26 Å². The Morgan fingerprint density at radius 2 is 1.93 bits per heavy atom. The molecule has 142 valence electrons. The molecule has 27 heavy (non-hydrogen) atoms. The molecule has 1 saturated heterocycles. The molecule has 11 nitrogen and oxygen atoms in total. The van der Waals surface area contributed by atoms with Crippen molar-refractivity contribution in [3.8, 4) is 6.07 Å². The Morgan fingerprint density at radius 1 is 1.30 bits per heavy atom. The van der Waals surface area contributed by atoms with Crippen LogP contribution in [-0.4, -0.2) is 55.0 Å². The number of carbonyl (C=O) groups is 4. The summed E-state index contributed by atoms with van der Waals surface area (Å²) in [6.45, 7) is -0.205. The van der Waals surface area contributed by atoms with Crippen molar-refractivity contribution in [1.82, 2.24) is 15.4 Å². The van der Waals surface area contributed by atoms with Crippen LogP contribution < -0.4 is 5.32 Å². The molecule has 0 bridgehead atoms. The van der Waals surface area contributed by atoms with Crippen LogP contribution in [0.15, 0.2) is 17.2 Å². The molecular weight excluding hydrogens is 380 g/mol. The zero-order valence-electron chi connectivity index (χ0n) is 14.1. The van der Waals surface area contributed by atoms with E-state index in [0.29, 0.717) is 5.06 Å². The summed E-state index contributed by atoms with van der Waals surface area (Å²) >= 11 is 0. The lowest BCUT2D eigenvalue weighted by Crippen LogP contribution is -2.34. The van der Waals surface area contributed by atoms with Crippen LogP contribution in [0.5, 0.6) is 0 Å². The van der Waals surface area contributed by atoms with E-state index in [1.807, 2.05) is 0 Å². The molecule has 2 heterocycles. The van der Waals surface area contributed by atoms with Crippen molar-refractivity contribution in [2.45, 2.75) is 24.3 Å². The van der Waals surface area contributed by atoms with Gasteiger partial charge in [0.15, 0.2) is 14.9 Å². The number of rotatable bonds is 6. The standard InChI is InChI=1S/C15H14N4O7S/c1-27(24,25)15-9(8-16)2-3-10(18-15)14(23)17-7-6-13(22)26-19-11(20)4-5-12(19)21/h2-3H,4-7H2,1H3,(H,17,23). The second-order valence-electron chi connectivity index (χ2n) is 5.48. The summed E-state index contributed by atoms with van der Waals surface area (Å²) in [7, 11) is -3.82. The molecule has 1 N–H and O–H groups in total. The molecule has 0 aromatic carbocycles. The van der Waals surface area contributed by atoms with Gasteiger partial charge in [0.05, 0.1) is 12.0 Å². The smallest absolute Gasteiger partial charge is 0.334 e. The Morgan fingerprint density at radius 3 is 2.48 bits per heavy atom. The Labute approximate surface area is 153 Å². The molecule has 0 atom stereocenters. The van der Waals surface area contributed by atoms with E-state index in [2.05, 4.69) is 15.1 Å². The Kier molecular flexibility index (Phi) is 5.86. The summed E-state index contributed by atoms with van der Waals surface area (Å²) in [5.74, 6) is -2.91. The van der Waals surface area contributed by atoms with E-state index < -0.39 is 38.6 Å². The molecule has 12 heteroatoms. The van der Waals surface area contributed by atoms with Crippen molar-refractivity contribution < 1.29 is 32.4 Å². The first kappa shape index (κ1) is 20.0. The van der Waals surface area contributed by atoms with Gasteiger partial charge in [0.2, 0.25) is 0 Å². The molecule has 1 aromatic heterocycles. The van der Waals surface area contributed by atoms with Gasteiger partial charge in [0.1, 0.15) is 11.8 Å². The summed E-state index contributed by atoms with van der Waals surface area (Å²) < 4.78 is 23.3. The topological polar surface area (TPSA) is 164 Å². The van der Waals surface area contributed by atoms with Crippen molar-refractivity contribution in [1.29, 1.82) is 5.26 Å². The highest BCUT2D eigenvalue weighted by Gasteiger charge is 2.32. The molecule has 3 amide bonds. The van der Waals surface area contributed by atoms with E-state index in [0.717, 1.165) is 12.3 Å². The van der Waals surface area contributed by atoms with Crippen LogP contribution in [0.4, 0.5) is 0 Å². The van der Waals surface area contributed by atoms with E-state index in [4.69, 9.17) is 5.26 Å². The van der Waals surface area contributed by atoms with Gasteiger partial charge in [-0.1, -0.05) is 0 Å². The van der Waals surface area contributed by atoms with Crippen LogP contribution in [0.1, 0.15) is 35.3 Å². The van der Waals surface area contributed by atoms with Crippen molar-refractivity contribution in [2.75, 3.05) is 12.8 Å². The normalized spacial score (nSPS) is 14.0. The van der Waals surface area contributed by atoms with Gasteiger partial charge in [-0.05, 0) is 12.1 Å². The van der Waals surface area contributed by atoms with Crippen molar-refractivity contribution in [2.24, 2.45) is 0 Å². The van der Waals surface area contributed by atoms with Gasteiger partial charge in [-0.3, -0.25) is 14.4 Å². The first-order chi connectivity index (χ1) is 12.6. The van der Waals surface area contributed by atoms with E-state index in [-0.39, 0.29) is 37.1 Å². The first-order valence-electron chi connectivity index (χ1n) is 7.59. The molecule has 1 aromatic rings. The maximum absolute atomic E-state index is 12.0. The van der Waals surface area contributed by atoms with E-state index >= 15 is 0 Å². The maximum Gasteiger partial charge on any atom is 0.334 e. The number of imide groups is 1. The van der Waals surface area contributed by atoms with Crippen molar-refractivity contribution in [3.05, 3.63) is 23.4 Å². The number of nitrogens with zero attached hydrogens (tertiary/aromatic N) is 3. The molecule has 0 spiro atoms. The highest BCUT2D eigenvalue weighted by Crippen LogP contribution is 2.14. The zero-order valence-corrected chi connectivity index (χ0v) is 14.9. The molecule has 1 aliphatic heterocycles. The van der Waals surface area contributed by atoms with Gasteiger partial charge in [-0.25, -0.2) is 18.2 Å². The number of hydrogen-bond acceptors (Lipinski definition) is 9. The average molecular weight is 394 g/mol. The van der Waals surface area contributed by atoms with Gasteiger partial charge in [-0.15, -0.1) is 5.06 Å². The minimum Gasteiger partial charge on any atom is -0.350 e. The van der Waals surface area contributed by atoms with Gasteiger partial charge in [0, 0.05) is 25.6 Å². The number of nitriles is 1. The Bertz CT molecular complexity index is 949. The molecule has 0 unspecified atom stereocenters. The highest BCUT2D eigenvalue weighted by molar-refractivity contribution is 7.90. The summed E-state index contributed by atoms with van der Waals surface area (Å²) in [4.78, 5) is 54.6. The van der Waals surface area contributed by atoms with Crippen molar-refractivity contribution >= 4 is 33.5 Å². The number of sulfone groups is 1. The van der Waals surface area contributed by atoms with Gasteiger partial charge < -0.3 is 10.2 Å². The largest absolute Gasteiger partial charge is 0.350 e. The molecule has 0 aliphatic carbocycles. The highest BCUT2D eigenvalue weighted by atomic mass is 32.2. The van der Waals surface area contributed by atoms with E-state index in [9.17, 15) is 27.6 Å². The van der Waals surface area contributed by atoms with E-state index in [1.54, 1.807) is 6.07 Å². The number of pyridine rings is 1. The molecule has 0 radical (unpaired) electrons. The van der Waals surface area contributed by atoms with Crippen LogP contribution in [0.2, 0.25) is 0 Å². The quantitative estimate of drug-likeness (QED) is 0.601. The fraction of sp³-hybridized carbons (Fsp3) is 0.333. The second-order valence-corrected chi connectivity index (χ2v) is 7.42. The minimum atomic E-state index is -3.82. The predicted molar refractivity (Wildman–Crippen MR) is 86.2 cm³/mol. The summed E-state index contributed by atoms with van der Waals surface area (Å²) in [5.41, 5.74) is -0.453. The number of amides is 3. The monoisotopic (exact) mass is 394 g/mol. The summed E-state index contributed by atoms with van der Waals surface area (Å²) in [5, 5.41) is 11.1. The first-order valence-corrected chi connectivity index (χ1v) is 9.48. The second kappa shape index (κ2) is 7.92. The Balaban J connectivity index is 1.94. The fourth-order valence-electron chi connectivity index (χ4n) is 2.11. The average Bonchev–Trinajstić information content (AvgIpc) is 2.92. The van der Waals surface area contributed by atoms with Crippen LogP contribution in [0.25, 0.3) is 0 Å².